The van der Waals surface area contributed by atoms with E-state index in [0.29, 0.717) is 23.6 Å². The Bertz CT molecular complexity index is 1480. The first-order valence-corrected chi connectivity index (χ1v) is 10.3. The smallest absolute Gasteiger partial charge is 0.294 e. The van der Waals surface area contributed by atoms with Gasteiger partial charge in [-0.25, -0.2) is 10.1 Å². The summed E-state index contributed by atoms with van der Waals surface area (Å²) in [6, 6.07) is 14.9. The van der Waals surface area contributed by atoms with Crippen molar-refractivity contribution in [1.82, 2.24) is 35.7 Å². The molecule has 12 nitrogen and oxygen atoms in total. The first-order valence-electron chi connectivity index (χ1n) is 10.3. The third kappa shape index (κ3) is 3.83. The molecule has 1 amide bonds. The molecule has 5 rings (SSSR count). The molecule has 0 spiro atoms. The Hall–Kier alpha value is -5.00. The van der Waals surface area contributed by atoms with Crippen LogP contribution in [0.2, 0.25) is 0 Å². The highest BCUT2D eigenvalue weighted by Crippen LogP contribution is 2.28. The number of carbonyl (C=O) groups excluding carboxylic acids is 1. The Labute approximate surface area is 192 Å². The molecule has 3 aromatic heterocycles. The molecule has 4 N–H and O–H groups in total. The second-order valence-corrected chi connectivity index (χ2v) is 7.12. The van der Waals surface area contributed by atoms with Crippen LogP contribution in [0.3, 0.4) is 0 Å². The van der Waals surface area contributed by atoms with E-state index in [1.807, 2.05) is 37.4 Å². The van der Waals surface area contributed by atoms with Crippen LogP contribution in [-0.2, 0) is 0 Å². The van der Waals surface area contributed by atoms with Gasteiger partial charge < -0.3 is 15.5 Å². The molecule has 170 valence electrons. The summed E-state index contributed by atoms with van der Waals surface area (Å²) in [5.41, 5.74) is 11.1. The number of amides is 1. The van der Waals surface area contributed by atoms with Gasteiger partial charge in [0.05, 0.1) is 12.8 Å². The van der Waals surface area contributed by atoms with Crippen molar-refractivity contribution >= 4 is 28.8 Å². The summed E-state index contributed by atoms with van der Waals surface area (Å²) in [4.78, 5) is 16.2. The summed E-state index contributed by atoms with van der Waals surface area (Å²) in [5, 5.41) is 20.5. The Morgan fingerprint density at radius 3 is 2.82 bits per heavy atom. The first-order chi connectivity index (χ1) is 16.7. The molecule has 0 aliphatic carbocycles. The van der Waals surface area contributed by atoms with E-state index in [4.69, 9.17) is 15.1 Å². The van der Waals surface area contributed by atoms with Crippen molar-refractivity contribution in [1.29, 1.82) is 0 Å². The maximum absolute atomic E-state index is 13.0. The van der Waals surface area contributed by atoms with Gasteiger partial charge in [0.25, 0.3) is 5.91 Å². The van der Waals surface area contributed by atoms with Crippen molar-refractivity contribution in [2.45, 2.75) is 6.92 Å². The number of hydrogen-bond acceptors (Lipinski definition) is 9. The lowest BCUT2D eigenvalue weighted by Crippen LogP contribution is -2.19. The molecule has 0 aliphatic heterocycles. The quantitative estimate of drug-likeness (QED) is 0.248. The molecule has 5 aromatic rings. The van der Waals surface area contributed by atoms with Gasteiger partial charge in [0.15, 0.2) is 5.69 Å². The number of nitrogens with zero attached hydrogens (tertiary/aromatic N) is 6. The topological polar surface area (TPSA) is 162 Å². The maximum atomic E-state index is 13.0. The highest BCUT2D eigenvalue weighted by atomic mass is 16.6. The van der Waals surface area contributed by atoms with Gasteiger partial charge in [0, 0.05) is 28.2 Å². The molecule has 0 saturated heterocycles. The molecule has 34 heavy (non-hydrogen) atoms. The van der Waals surface area contributed by atoms with E-state index in [0.717, 1.165) is 16.5 Å². The molecular weight excluding hydrogens is 438 g/mol. The highest BCUT2D eigenvalue weighted by Gasteiger charge is 2.25. The van der Waals surface area contributed by atoms with E-state index >= 15 is 0 Å². The molecule has 0 unspecified atom stereocenters. The van der Waals surface area contributed by atoms with Gasteiger partial charge in [-0.2, -0.15) is 9.78 Å². The number of aromatic amines is 1. The molecule has 3 heterocycles. The standard InChI is InChI=1S/C22H19N9O3/c1-2-33-15-9-7-13(8-10-15)19-18(26-30-31(19)21-20(23)28-34-29-21)22(32)27-25-12-14-11-24-17-6-4-3-5-16(14)17/h3-12,24H,2H2,1H3,(H2,23,28)(H,27,32)/b25-12-. The average molecular weight is 457 g/mol. The fraction of sp³-hybridized carbons (Fsp3) is 0.0909. The molecule has 0 atom stereocenters. The zero-order valence-corrected chi connectivity index (χ0v) is 18.0. The van der Waals surface area contributed by atoms with Crippen molar-refractivity contribution in [2.75, 3.05) is 12.3 Å². The van der Waals surface area contributed by atoms with Crippen LogP contribution in [0.4, 0.5) is 5.82 Å². The zero-order chi connectivity index (χ0) is 23.5. The van der Waals surface area contributed by atoms with Gasteiger partial charge in [0.1, 0.15) is 11.4 Å². The van der Waals surface area contributed by atoms with Crippen LogP contribution < -0.4 is 15.9 Å². The minimum atomic E-state index is -0.568. The lowest BCUT2D eigenvalue weighted by Gasteiger charge is -2.07. The lowest BCUT2D eigenvalue weighted by atomic mass is 10.1. The molecule has 0 bridgehead atoms. The third-order valence-electron chi connectivity index (χ3n) is 5.01. The first kappa shape index (κ1) is 20.9. The molecule has 2 aromatic carbocycles. The normalized spacial score (nSPS) is 11.3. The fourth-order valence-electron chi connectivity index (χ4n) is 3.47. The third-order valence-corrected chi connectivity index (χ3v) is 5.01. The summed E-state index contributed by atoms with van der Waals surface area (Å²) < 4.78 is 11.5. The van der Waals surface area contributed by atoms with Crippen molar-refractivity contribution in [3.63, 3.8) is 0 Å². The van der Waals surface area contributed by atoms with E-state index in [1.165, 1.54) is 4.68 Å². The number of hydrazone groups is 1. The predicted octanol–water partition coefficient (Wildman–Crippen LogP) is 2.54. The van der Waals surface area contributed by atoms with E-state index in [9.17, 15) is 4.79 Å². The van der Waals surface area contributed by atoms with Crippen LogP contribution in [0, 0.1) is 0 Å². The largest absolute Gasteiger partial charge is 0.494 e. The number of nitrogen functional groups attached to an aromatic ring is 1. The monoisotopic (exact) mass is 457 g/mol. The number of para-hydroxylation sites is 1. The molecule has 0 radical (unpaired) electrons. The average Bonchev–Trinajstić information content (AvgIpc) is 3.58. The molecular formula is C22H19N9O3. The van der Waals surface area contributed by atoms with Crippen LogP contribution >= 0.6 is 0 Å². The number of carbonyl (C=O) groups is 1. The maximum Gasteiger partial charge on any atom is 0.294 e. The number of ether oxygens (including phenoxy) is 1. The molecule has 0 fully saturated rings. The Kier molecular flexibility index (Phi) is 5.44. The van der Waals surface area contributed by atoms with E-state index in [-0.39, 0.29) is 17.3 Å². The number of nitrogens with two attached hydrogens (primary N) is 1. The van der Waals surface area contributed by atoms with Gasteiger partial charge in [-0.15, -0.1) is 5.10 Å². The summed E-state index contributed by atoms with van der Waals surface area (Å²) in [7, 11) is 0. The predicted molar refractivity (Wildman–Crippen MR) is 124 cm³/mol. The van der Waals surface area contributed by atoms with E-state index in [1.54, 1.807) is 30.5 Å². The Morgan fingerprint density at radius 2 is 2.06 bits per heavy atom. The van der Waals surface area contributed by atoms with Crippen molar-refractivity contribution in [2.24, 2.45) is 5.10 Å². The van der Waals surface area contributed by atoms with Gasteiger partial charge in [-0.05, 0) is 47.6 Å². The molecule has 0 saturated carbocycles. The zero-order valence-electron chi connectivity index (χ0n) is 18.0. The summed E-state index contributed by atoms with van der Waals surface area (Å²) in [5.74, 6) is 0.225. The van der Waals surface area contributed by atoms with Crippen molar-refractivity contribution in [3.05, 3.63) is 66.0 Å². The van der Waals surface area contributed by atoms with Gasteiger partial charge in [0.2, 0.25) is 11.6 Å². The Balaban J connectivity index is 1.47. The summed E-state index contributed by atoms with van der Waals surface area (Å²) in [6.07, 6.45) is 3.36. The summed E-state index contributed by atoms with van der Waals surface area (Å²) >= 11 is 0. The van der Waals surface area contributed by atoms with E-state index in [2.05, 4.69) is 36.1 Å². The highest BCUT2D eigenvalue weighted by molar-refractivity contribution is 6.01. The number of benzene rings is 2. The van der Waals surface area contributed by atoms with Crippen LogP contribution in [0.1, 0.15) is 23.0 Å². The second kappa shape index (κ2) is 8.86. The number of anilines is 1. The van der Waals surface area contributed by atoms with Crippen LogP contribution in [0.5, 0.6) is 5.75 Å². The minimum absolute atomic E-state index is 0.00130. The van der Waals surface area contributed by atoms with Crippen molar-refractivity contribution in [3.8, 4) is 22.8 Å². The number of nitrogens with one attached hydrogen (secondary N) is 2. The van der Waals surface area contributed by atoms with E-state index < -0.39 is 5.91 Å². The lowest BCUT2D eigenvalue weighted by molar-refractivity contribution is 0.0950. The number of aromatic nitrogens is 6. The number of rotatable bonds is 7. The number of hydrogen-bond donors (Lipinski definition) is 3. The van der Waals surface area contributed by atoms with Crippen LogP contribution in [0.25, 0.3) is 28.0 Å². The minimum Gasteiger partial charge on any atom is -0.494 e. The molecule has 12 heteroatoms. The fourth-order valence-corrected chi connectivity index (χ4v) is 3.47. The molecule has 0 aliphatic rings. The van der Waals surface area contributed by atoms with Gasteiger partial charge in [-0.3, -0.25) is 4.79 Å². The van der Waals surface area contributed by atoms with Crippen LogP contribution in [-0.4, -0.2) is 49.0 Å². The van der Waals surface area contributed by atoms with Crippen LogP contribution in [0.15, 0.2) is 64.5 Å². The SMILES string of the molecule is CCOc1ccc(-c2c(C(=O)N/N=C\c3c[nH]c4ccccc34)nnn2-c2nonc2N)cc1. The summed E-state index contributed by atoms with van der Waals surface area (Å²) in [6.45, 7) is 2.43. The van der Waals surface area contributed by atoms with Gasteiger partial charge >= 0.3 is 0 Å². The number of fused-ring (bicyclic) bond motifs is 1. The number of H-pyrrole nitrogens is 1. The van der Waals surface area contributed by atoms with Gasteiger partial charge in [-0.1, -0.05) is 23.4 Å². The second-order valence-electron chi connectivity index (χ2n) is 7.12. The van der Waals surface area contributed by atoms with Crippen molar-refractivity contribution < 1.29 is 14.2 Å². The Morgan fingerprint density at radius 1 is 1.24 bits per heavy atom.